The van der Waals surface area contributed by atoms with Gasteiger partial charge in [-0.05, 0) is 12.1 Å². The summed E-state index contributed by atoms with van der Waals surface area (Å²) in [4.78, 5) is 4.27. The van der Waals surface area contributed by atoms with Crippen LogP contribution in [0.5, 0.6) is 5.75 Å². The lowest BCUT2D eigenvalue weighted by molar-refractivity contribution is 0.399. The summed E-state index contributed by atoms with van der Waals surface area (Å²) in [5, 5.41) is 13.6. The zero-order chi connectivity index (χ0) is 11.8. The Labute approximate surface area is 93.9 Å². The number of aromatic nitrogens is 2. The van der Waals surface area contributed by atoms with Crippen molar-refractivity contribution in [3.8, 4) is 17.2 Å². The molecular weight excluding hydrogens is 204 g/mol. The minimum atomic E-state index is -0.161. The number of rotatable bonds is 1. The summed E-state index contributed by atoms with van der Waals surface area (Å²) >= 11 is 0. The predicted molar refractivity (Wildman–Crippen MR) is 60.1 cm³/mol. The van der Waals surface area contributed by atoms with E-state index in [2.05, 4.69) is 10.1 Å². The normalized spacial score (nSPS) is 11.7. The van der Waals surface area contributed by atoms with Crippen LogP contribution in [0.3, 0.4) is 0 Å². The summed E-state index contributed by atoms with van der Waals surface area (Å²) in [5.41, 5.74) is 0.400. The van der Waals surface area contributed by atoms with Crippen LogP contribution in [0.2, 0.25) is 0 Å². The van der Waals surface area contributed by atoms with Crippen molar-refractivity contribution in [3.05, 3.63) is 30.1 Å². The van der Waals surface area contributed by atoms with Crippen molar-refractivity contribution < 1.29 is 9.63 Å². The predicted octanol–water partition coefficient (Wildman–Crippen LogP) is 2.74. The van der Waals surface area contributed by atoms with Gasteiger partial charge in [0.05, 0.1) is 5.56 Å². The molecule has 2 rings (SSSR count). The van der Waals surface area contributed by atoms with Gasteiger partial charge < -0.3 is 9.63 Å². The van der Waals surface area contributed by atoms with Crippen molar-refractivity contribution in [2.24, 2.45) is 0 Å². The fraction of sp³-hybridized carbons (Fsp3) is 0.333. The topological polar surface area (TPSA) is 59.2 Å². The second kappa shape index (κ2) is 3.63. The molecule has 0 aliphatic rings. The summed E-state index contributed by atoms with van der Waals surface area (Å²) in [7, 11) is 0. The SMILES string of the molecule is CC(C)(C)c1noc(-c2ccccc2O)n1. The van der Waals surface area contributed by atoms with Crippen molar-refractivity contribution in [1.29, 1.82) is 0 Å². The van der Waals surface area contributed by atoms with Crippen molar-refractivity contribution in [3.63, 3.8) is 0 Å². The third kappa shape index (κ3) is 1.91. The average molecular weight is 218 g/mol. The van der Waals surface area contributed by atoms with E-state index in [0.29, 0.717) is 17.3 Å². The molecule has 0 saturated carbocycles. The van der Waals surface area contributed by atoms with Gasteiger partial charge in [-0.2, -0.15) is 4.98 Å². The van der Waals surface area contributed by atoms with Crippen molar-refractivity contribution in [2.45, 2.75) is 26.2 Å². The standard InChI is InChI=1S/C12H14N2O2/c1-12(2,3)11-13-10(16-14-11)8-6-4-5-7-9(8)15/h4-7,15H,1-3H3. The zero-order valence-corrected chi connectivity index (χ0v) is 9.56. The lowest BCUT2D eigenvalue weighted by Crippen LogP contribution is -2.13. The maximum Gasteiger partial charge on any atom is 0.261 e. The Morgan fingerprint density at radius 2 is 1.88 bits per heavy atom. The number of phenolic OH excluding ortho intramolecular Hbond substituents is 1. The first-order valence-electron chi connectivity index (χ1n) is 5.11. The maximum atomic E-state index is 9.65. The van der Waals surface area contributed by atoms with Crippen LogP contribution < -0.4 is 0 Å². The molecular formula is C12H14N2O2. The van der Waals surface area contributed by atoms with Gasteiger partial charge in [-0.3, -0.25) is 0 Å². The highest BCUT2D eigenvalue weighted by Crippen LogP contribution is 2.29. The van der Waals surface area contributed by atoms with E-state index >= 15 is 0 Å². The molecule has 0 fully saturated rings. The maximum absolute atomic E-state index is 9.65. The van der Waals surface area contributed by atoms with Gasteiger partial charge >= 0.3 is 0 Å². The monoisotopic (exact) mass is 218 g/mol. The van der Waals surface area contributed by atoms with E-state index in [4.69, 9.17) is 4.52 Å². The highest BCUT2D eigenvalue weighted by molar-refractivity contribution is 5.61. The van der Waals surface area contributed by atoms with Crippen LogP contribution in [0.4, 0.5) is 0 Å². The van der Waals surface area contributed by atoms with Gasteiger partial charge in [0.2, 0.25) is 0 Å². The molecule has 0 spiro atoms. The zero-order valence-electron chi connectivity index (χ0n) is 9.56. The molecule has 0 aliphatic heterocycles. The van der Waals surface area contributed by atoms with E-state index in [1.54, 1.807) is 18.2 Å². The fourth-order valence-corrected chi connectivity index (χ4v) is 1.29. The third-order valence-electron chi connectivity index (χ3n) is 2.23. The lowest BCUT2D eigenvalue weighted by Gasteiger charge is -2.10. The Kier molecular flexibility index (Phi) is 2.42. The van der Waals surface area contributed by atoms with Crippen LogP contribution in [-0.4, -0.2) is 15.2 Å². The minimum Gasteiger partial charge on any atom is -0.507 e. The van der Waals surface area contributed by atoms with Gasteiger partial charge in [0.25, 0.3) is 5.89 Å². The molecule has 0 saturated heterocycles. The Hall–Kier alpha value is -1.84. The van der Waals surface area contributed by atoms with Crippen LogP contribution in [0.15, 0.2) is 28.8 Å². The van der Waals surface area contributed by atoms with E-state index in [1.807, 2.05) is 26.8 Å². The third-order valence-corrected chi connectivity index (χ3v) is 2.23. The molecule has 0 unspecified atom stereocenters. The molecule has 4 nitrogen and oxygen atoms in total. The first kappa shape index (κ1) is 10.7. The molecule has 1 aromatic heterocycles. The Balaban J connectivity index is 2.44. The van der Waals surface area contributed by atoms with Gasteiger partial charge in [0.1, 0.15) is 5.75 Å². The smallest absolute Gasteiger partial charge is 0.261 e. The van der Waals surface area contributed by atoms with E-state index in [1.165, 1.54) is 0 Å². The average Bonchev–Trinajstić information content (AvgIpc) is 2.66. The second-order valence-corrected chi connectivity index (χ2v) is 4.69. The van der Waals surface area contributed by atoms with E-state index in [0.717, 1.165) is 0 Å². The van der Waals surface area contributed by atoms with Crippen molar-refractivity contribution >= 4 is 0 Å². The number of benzene rings is 1. The minimum absolute atomic E-state index is 0.145. The van der Waals surface area contributed by atoms with Crippen LogP contribution in [0, 0.1) is 0 Å². The largest absolute Gasteiger partial charge is 0.507 e. The second-order valence-electron chi connectivity index (χ2n) is 4.69. The molecule has 0 radical (unpaired) electrons. The quantitative estimate of drug-likeness (QED) is 0.799. The van der Waals surface area contributed by atoms with Gasteiger partial charge in [-0.1, -0.05) is 38.1 Å². The van der Waals surface area contributed by atoms with Gasteiger partial charge in [0.15, 0.2) is 5.82 Å². The van der Waals surface area contributed by atoms with Gasteiger partial charge in [0, 0.05) is 5.41 Å². The molecule has 16 heavy (non-hydrogen) atoms. The number of hydrogen-bond donors (Lipinski definition) is 1. The number of hydrogen-bond acceptors (Lipinski definition) is 4. The van der Waals surface area contributed by atoms with Gasteiger partial charge in [-0.15, -0.1) is 0 Å². The molecule has 84 valence electrons. The Morgan fingerprint density at radius 1 is 1.19 bits per heavy atom. The molecule has 2 aromatic rings. The van der Waals surface area contributed by atoms with Gasteiger partial charge in [-0.25, -0.2) is 0 Å². The highest BCUT2D eigenvalue weighted by atomic mass is 16.5. The first-order chi connectivity index (χ1) is 7.48. The molecule has 1 N–H and O–H groups in total. The van der Waals surface area contributed by atoms with Crippen LogP contribution >= 0.6 is 0 Å². The first-order valence-corrected chi connectivity index (χ1v) is 5.11. The van der Waals surface area contributed by atoms with Crippen LogP contribution in [0.25, 0.3) is 11.5 Å². The number of phenols is 1. The number of nitrogens with zero attached hydrogens (tertiary/aromatic N) is 2. The Bertz CT molecular complexity index is 498. The fourth-order valence-electron chi connectivity index (χ4n) is 1.29. The van der Waals surface area contributed by atoms with E-state index < -0.39 is 0 Å². The molecule has 0 amide bonds. The van der Waals surface area contributed by atoms with Crippen molar-refractivity contribution in [1.82, 2.24) is 10.1 Å². The van der Waals surface area contributed by atoms with Crippen LogP contribution in [-0.2, 0) is 5.41 Å². The summed E-state index contributed by atoms with van der Waals surface area (Å²) in [6.45, 7) is 6.02. The Morgan fingerprint density at radius 3 is 2.44 bits per heavy atom. The van der Waals surface area contributed by atoms with Crippen molar-refractivity contribution in [2.75, 3.05) is 0 Å². The summed E-state index contributed by atoms with van der Waals surface area (Å²) in [6.07, 6.45) is 0. The molecule has 0 bridgehead atoms. The molecule has 0 aliphatic carbocycles. The number of aromatic hydroxyl groups is 1. The highest BCUT2D eigenvalue weighted by Gasteiger charge is 2.22. The molecule has 4 heteroatoms. The lowest BCUT2D eigenvalue weighted by atomic mass is 9.96. The summed E-state index contributed by atoms with van der Waals surface area (Å²) in [5.74, 6) is 1.13. The summed E-state index contributed by atoms with van der Waals surface area (Å²) < 4.78 is 5.14. The van der Waals surface area contributed by atoms with E-state index in [-0.39, 0.29) is 11.2 Å². The van der Waals surface area contributed by atoms with Crippen LogP contribution in [0.1, 0.15) is 26.6 Å². The molecule has 0 atom stereocenters. The number of para-hydroxylation sites is 1. The molecule has 1 aromatic carbocycles. The van der Waals surface area contributed by atoms with E-state index in [9.17, 15) is 5.11 Å². The molecule has 1 heterocycles. The summed E-state index contributed by atoms with van der Waals surface area (Å²) in [6, 6.07) is 6.90.